The highest BCUT2D eigenvalue weighted by Gasteiger charge is 2.17. The van der Waals surface area contributed by atoms with Crippen LogP contribution in [0.25, 0.3) is 11.4 Å². The molecule has 1 N–H and O–H groups in total. The van der Waals surface area contributed by atoms with Gasteiger partial charge >= 0.3 is 0 Å². The Morgan fingerprint density at radius 1 is 1.03 bits per heavy atom. The van der Waals surface area contributed by atoms with Gasteiger partial charge in [-0.25, -0.2) is 0 Å². The van der Waals surface area contributed by atoms with Crippen molar-refractivity contribution in [3.63, 3.8) is 0 Å². The number of benzene rings is 2. The molecule has 0 spiro atoms. The first-order chi connectivity index (χ1) is 14.2. The second kappa shape index (κ2) is 9.59. The summed E-state index contributed by atoms with van der Waals surface area (Å²) in [5.74, 6) is 2.15. The topological polar surface area (TPSA) is 95.7 Å². The number of nitrogens with zero attached hydrogens (tertiary/aromatic N) is 2. The van der Waals surface area contributed by atoms with Crippen molar-refractivity contribution in [1.29, 1.82) is 0 Å². The van der Waals surface area contributed by atoms with Crippen molar-refractivity contribution in [1.82, 2.24) is 15.5 Å². The largest absolute Gasteiger partial charge is 0.493 e. The Morgan fingerprint density at radius 3 is 2.34 bits per heavy atom. The fourth-order valence-corrected chi connectivity index (χ4v) is 2.82. The van der Waals surface area contributed by atoms with Crippen LogP contribution in [-0.4, -0.2) is 43.9 Å². The number of ether oxygens (including phenoxy) is 3. The molecule has 0 atom stereocenters. The molecule has 152 valence electrons. The number of rotatable bonds is 9. The maximum atomic E-state index is 12.5. The number of carbonyl (C=O) groups excluding carboxylic acids is 1. The smallest absolute Gasteiger partial charge is 0.251 e. The molecule has 0 aliphatic heterocycles. The first-order valence-electron chi connectivity index (χ1n) is 9.12. The van der Waals surface area contributed by atoms with E-state index in [2.05, 4.69) is 15.5 Å². The summed E-state index contributed by atoms with van der Waals surface area (Å²) < 4.78 is 21.1. The van der Waals surface area contributed by atoms with Gasteiger partial charge in [0.15, 0.2) is 11.5 Å². The summed E-state index contributed by atoms with van der Waals surface area (Å²) >= 11 is 0. The van der Waals surface area contributed by atoms with Gasteiger partial charge in [-0.2, -0.15) is 4.98 Å². The molecule has 3 rings (SSSR count). The second-order valence-corrected chi connectivity index (χ2v) is 6.15. The molecule has 1 aromatic heterocycles. The highest BCUT2D eigenvalue weighted by molar-refractivity contribution is 5.95. The normalized spacial score (nSPS) is 10.4. The van der Waals surface area contributed by atoms with Gasteiger partial charge in [-0.05, 0) is 18.6 Å². The fraction of sp³-hybridized carbons (Fsp3) is 0.286. The molecule has 0 aliphatic carbocycles. The molecule has 0 fully saturated rings. The third kappa shape index (κ3) is 4.84. The lowest BCUT2D eigenvalue weighted by atomic mass is 10.1. The zero-order chi connectivity index (χ0) is 20.6. The van der Waals surface area contributed by atoms with Gasteiger partial charge in [0.05, 0.1) is 21.3 Å². The first-order valence-corrected chi connectivity index (χ1v) is 9.12. The van der Waals surface area contributed by atoms with Gasteiger partial charge in [0.2, 0.25) is 17.5 Å². The molecule has 29 heavy (non-hydrogen) atoms. The predicted molar refractivity (Wildman–Crippen MR) is 106 cm³/mol. The van der Waals surface area contributed by atoms with Gasteiger partial charge in [0.1, 0.15) is 0 Å². The van der Waals surface area contributed by atoms with Crippen molar-refractivity contribution in [2.45, 2.75) is 12.8 Å². The summed E-state index contributed by atoms with van der Waals surface area (Å²) in [4.78, 5) is 16.8. The van der Waals surface area contributed by atoms with Crippen LogP contribution in [-0.2, 0) is 6.42 Å². The van der Waals surface area contributed by atoms with Crippen LogP contribution in [0.5, 0.6) is 17.2 Å². The number of hydrogen-bond donors (Lipinski definition) is 1. The van der Waals surface area contributed by atoms with E-state index in [0.29, 0.717) is 53.9 Å². The lowest BCUT2D eigenvalue weighted by Crippen LogP contribution is -2.25. The maximum Gasteiger partial charge on any atom is 0.251 e. The Morgan fingerprint density at radius 2 is 1.72 bits per heavy atom. The monoisotopic (exact) mass is 397 g/mol. The van der Waals surface area contributed by atoms with Crippen LogP contribution in [0.4, 0.5) is 0 Å². The lowest BCUT2D eigenvalue weighted by Gasteiger charge is -2.14. The van der Waals surface area contributed by atoms with E-state index in [4.69, 9.17) is 18.7 Å². The van der Waals surface area contributed by atoms with Crippen molar-refractivity contribution in [3.8, 4) is 28.6 Å². The third-order valence-electron chi connectivity index (χ3n) is 4.28. The van der Waals surface area contributed by atoms with Crippen LogP contribution in [0.15, 0.2) is 47.0 Å². The number of aromatic nitrogens is 2. The predicted octanol–water partition coefficient (Wildman–Crippen LogP) is 3.13. The second-order valence-electron chi connectivity index (χ2n) is 6.15. The summed E-state index contributed by atoms with van der Waals surface area (Å²) in [6.07, 6.45) is 1.22. The summed E-state index contributed by atoms with van der Waals surface area (Å²) in [6, 6.07) is 12.8. The average molecular weight is 397 g/mol. The van der Waals surface area contributed by atoms with Crippen LogP contribution in [0, 0.1) is 0 Å². The zero-order valence-corrected chi connectivity index (χ0v) is 16.6. The minimum atomic E-state index is -0.236. The van der Waals surface area contributed by atoms with E-state index in [-0.39, 0.29) is 5.91 Å². The number of nitrogens with one attached hydrogen (secondary N) is 1. The summed E-state index contributed by atoms with van der Waals surface area (Å²) in [5, 5.41) is 6.86. The number of aryl methyl sites for hydroxylation is 1. The molecule has 0 saturated heterocycles. The van der Waals surface area contributed by atoms with Crippen LogP contribution >= 0.6 is 0 Å². The molecule has 0 bridgehead atoms. The van der Waals surface area contributed by atoms with E-state index in [1.165, 1.54) is 21.3 Å². The van der Waals surface area contributed by atoms with Gasteiger partial charge in [0.25, 0.3) is 5.91 Å². The Balaban J connectivity index is 1.55. The van der Waals surface area contributed by atoms with Crippen LogP contribution in [0.2, 0.25) is 0 Å². The molecule has 3 aromatic rings. The molecule has 0 saturated carbocycles. The van der Waals surface area contributed by atoms with Gasteiger partial charge < -0.3 is 24.1 Å². The molecular formula is C21H23N3O5. The Kier molecular flexibility index (Phi) is 6.67. The van der Waals surface area contributed by atoms with Crippen molar-refractivity contribution in [3.05, 3.63) is 53.9 Å². The van der Waals surface area contributed by atoms with E-state index >= 15 is 0 Å². The lowest BCUT2D eigenvalue weighted by molar-refractivity contribution is 0.0952. The van der Waals surface area contributed by atoms with E-state index in [0.717, 1.165) is 5.56 Å². The number of hydrogen-bond acceptors (Lipinski definition) is 7. The quantitative estimate of drug-likeness (QED) is 0.554. The highest BCUT2D eigenvalue weighted by atomic mass is 16.5. The van der Waals surface area contributed by atoms with Gasteiger partial charge in [-0.1, -0.05) is 35.5 Å². The standard InChI is InChI=1S/C21H23N3O5/c1-26-16-12-15(13-17(27-2)19(16)28-3)21(25)22-11-7-10-18-23-20(24-29-18)14-8-5-4-6-9-14/h4-6,8-9,12-13H,7,10-11H2,1-3H3,(H,22,25). The maximum absolute atomic E-state index is 12.5. The highest BCUT2D eigenvalue weighted by Crippen LogP contribution is 2.38. The Bertz CT molecular complexity index is 931. The molecule has 0 unspecified atom stereocenters. The van der Waals surface area contributed by atoms with E-state index in [1.54, 1.807) is 12.1 Å². The van der Waals surface area contributed by atoms with Crippen molar-refractivity contribution >= 4 is 5.91 Å². The molecule has 2 aromatic carbocycles. The minimum absolute atomic E-state index is 0.236. The van der Waals surface area contributed by atoms with Crippen LogP contribution < -0.4 is 19.5 Å². The molecule has 0 aliphatic rings. The van der Waals surface area contributed by atoms with Gasteiger partial charge in [-0.15, -0.1) is 0 Å². The molecular weight excluding hydrogens is 374 g/mol. The molecule has 0 radical (unpaired) electrons. The van der Waals surface area contributed by atoms with Crippen molar-refractivity contribution in [2.75, 3.05) is 27.9 Å². The van der Waals surface area contributed by atoms with E-state index < -0.39 is 0 Å². The van der Waals surface area contributed by atoms with Crippen molar-refractivity contribution in [2.24, 2.45) is 0 Å². The molecule has 1 amide bonds. The SMILES string of the molecule is COc1cc(C(=O)NCCCc2nc(-c3ccccc3)no2)cc(OC)c1OC. The van der Waals surface area contributed by atoms with Gasteiger partial charge in [0, 0.05) is 24.1 Å². The number of carbonyl (C=O) groups is 1. The fourth-order valence-electron chi connectivity index (χ4n) is 2.82. The van der Waals surface area contributed by atoms with Crippen LogP contribution in [0.3, 0.4) is 0 Å². The van der Waals surface area contributed by atoms with Gasteiger partial charge in [-0.3, -0.25) is 4.79 Å². The number of amides is 1. The third-order valence-corrected chi connectivity index (χ3v) is 4.28. The van der Waals surface area contributed by atoms with Crippen LogP contribution in [0.1, 0.15) is 22.7 Å². The Labute approximate surface area is 168 Å². The number of methoxy groups -OCH3 is 3. The molecule has 8 nitrogen and oxygen atoms in total. The summed E-state index contributed by atoms with van der Waals surface area (Å²) in [5.41, 5.74) is 1.32. The van der Waals surface area contributed by atoms with E-state index in [9.17, 15) is 4.79 Å². The zero-order valence-electron chi connectivity index (χ0n) is 16.6. The summed E-state index contributed by atoms with van der Waals surface area (Å²) in [6.45, 7) is 0.457. The van der Waals surface area contributed by atoms with Crippen molar-refractivity contribution < 1.29 is 23.5 Å². The average Bonchev–Trinajstić information content (AvgIpc) is 3.25. The first kappa shape index (κ1) is 20.2. The molecule has 1 heterocycles. The minimum Gasteiger partial charge on any atom is -0.493 e. The molecule has 8 heteroatoms. The summed E-state index contributed by atoms with van der Waals surface area (Å²) in [7, 11) is 4.53. The Hall–Kier alpha value is -3.55. The van der Waals surface area contributed by atoms with E-state index in [1.807, 2.05) is 30.3 Å².